The third-order valence-electron chi connectivity index (χ3n) is 4.79. The Morgan fingerprint density at radius 3 is 2.36 bits per heavy atom. The average molecular weight is 420 g/mol. The van der Waals surface area contributed by atoms with Gasteiger partial charge < -0.3 is 10.1 Å². The highest BCUT2D eigenvalue weighted by atomic mass is 79.9. The number of ether oxygens (including phenoxy) is 1. The van der Waals surface area contributed by atoms with Gasteiger partial charge >= 0.3 is 0 Å². The van der Waals surface area contributed by atoms with Crippen LogP contribution in [0.3, 0.4) is 0 Å². The SMILES string of the molecule is CSc1ccc(CNC(=O)C2(c3ccc(Br)cc3)CCOCC2)cc1. The Morgan fingerprint density at radius 2 is 1.76 bits per heavy atom. The van der Waals surface area contributed by atoms with Crippen LogP contribution in [-0.2, 0) is 21.5 Å². The zero-order chi connectivity index (χ0) is 17.7. The van der Waals surface area contributed by atoms with Crippen molar-refractivity contribution >= 4 is 33.6 Å². The molecule has 1 fully saturated rings. The molecule has 25 heavy (non-hydrogen) atoms. The molecule has 3 rings (SSSR count). The Labute approximate surface area is 161 Å². The fourth-order valence-electron chi connectivity index (χ4n) is 3.23. The molecule has 132 valence electrons. The van der Waals surface area contributed by atoms with E-state index in [1.54, 1.807) is 11.8 Å². The highest BCUT2D eigenvalue weighted by Crippen LogP contribution is 2.36. The Hall–Kier alpha value is -1.30. The highest BCUT2D eigenvalue weighted by Gasteiger charge is 2.41. The fourth-order valence-corrected chi connectivity index (χ4v) is 3.90. The van der Waals surface area contributed by atoms with Crippen LogP contribution in [0.4, 0.5) is 0 Å². The van der Waals surface area contributed by atoms with E-state index in [0.717, 1.165) is 15.6 Å². The number of amides is 1. The largest absolute Gasteiger partial charge is 0.381 e. The molecule has 0 unspecified atom stereocenters. The summed E-state index contributed by atoms with van der Waals surface area (Å²) < 4.78 is 6.54. The molecule has 0 bridgehead atoms. The smallest absolute Gasteiger partial charge is 0.231 e. The Morgan fingerprint density at radius 1 is 1.12 bits per heavy atom. The van der Waals surface area contributed by atoms with Crippen LogP contribution in [0.2, 0.25) is 0 Å². The molecule has 0 spiro atoms. The van der Waals surface area contributed by atoms with E-state index in [1.165, 1.54) is 4.90 Å². The van der Waals surface area contributed by atoms with Crippen LogP contribution < -0.4 is 5.32 Å². The van der Waals surface area contributed by atoms with Crippen molar-refractivity contribution < 1.29 is 9.53 Å². The summed E-state index contributed by atoms with van der Waals surface area (Å²) in [5.41, 5.74) is 1.68. The van der Waals surface area contributed by atoms with Crippen molar-refractivity contribution in [3.63, 3.8) is 0 Å². The second kappa shape index (κ2) is 8.39. The lowest BCUT2D eigenvalue weighted by Crippen LogP contribution is -2.47. The Bertz CT molecular complexity index is 709. The van der Waals surface area contributed by atoms with Crippen LogP contribution in [0, 0.1) is 0 Å². The van der Waals surface area contributed by atoms with E-state index in [0.29, 0.717) is 32.6 Å². The molecule has 1 amide bonds. The molecule has 2 aromatic rings. The summed E-state index contributed by atoms with van der Waals surface area (Å²) in [4.78, 5) is 14.3. The van der Waals surface area contributed by atoms with Crippen LogP contribution in [0.15, 0.2) is 57.9 Å². The Balaban J connectivity index is 1.76. The standard InChI is InChI=1S/C20H22BrNO2S/c1-25-18-8-2-15(3-9-18)14-22-19(23)20(10-12-24-13-11-20)16-4-6-17(21)7-5-16/h2-9H,10-14H2,1H3,(H,22,23). The van der Waals surface area contributed by atoms with Gasteiger partial charge in [0.25, 0.3) is 0 Å². The van der Waals surface area contributed by atoms with Crippen LogP contribution in [0.5, 0.6) is 0 Å². The number of hydrogen-bond donors (Lipinski definition) is 1. The summed E-state index contributed by atoms with van der Waals surface area (Å²) in [6.07, 6.45) is 3.49. The molecule has 1 N–H and O–H groups in total. The monoisotopic (exact) mass is 419 g/mol. The first-order valence-corrected chi connectivity index (χ1v) is 10.4. The minimum atomic E-state index is -0.502. The van der Waals surface area contributed by atoms with E-state index < -0.39 is 5.41 Å². The molecule has 1 aliphatic heterocycles. The minimum Gasteiger partial charge on any atom is -0.381 e. The first kappa shape index (κ1) is 18.5. The second-order valence-electron chi connectivity index (χ2n) is 6.23. The van der Waals surface area contributed by atoms with Gasteiger partial charge in [0.05, 0.1) is 5.41 Å². The molecular formula is C20H22BrNO2S. The van der Waals surface area contributed by atoms with Crippen molar-refractivity contribution in [2.45, 2.75) is 29.7 Å². The topological polar surface area (TPSA) is 38.3 Å². The van der Waals surface area contributed by atoms with Crippen LogP contribution in [0.1, 0.15) is 24.0 Å². The summed E-state index contributed by atoms with van der Waals surface area (Å²) in [6, 6.07) is 16.4. The maximum absolute atomic E-state index is 13.1. The van der Waals surface area contributed by atoms with E-state index in [1.807, 2.05) is 24.3 Å². The molecule has 1 aliphatic rings. The van der Waals surface area contributed by atoms with Gasteiger partial charge in [-0.1, -0.05) is 40.2 Å². The maximum Gasteiger partial charge on any atom is 0.231 e. The van der Waals surface area contributed by atoms with Crippen LogP contribution in [-0.4, -0.2) is 25.4 Å². The fraction of sp³-hybridized carbons (Fsp3) is 0.350. The number of hydrogen-bond acceptors (Lipinski definition) is 3. The number of halogens is 1. The summed E-state index contributed by atoms with van der Waals surface area (Å²) in [6.45, 7) is 1.78. The molecule has 5 heteroatoms. The van der Waals surface area contributed by atoms with Crippen molar-refractivity contribution in [3.05, 3.63) is 64.1 Å². The quantitative estimate of drug-likeness (QED) is 0.723. The molecule has 2 aromatic carbocycles. The number of rotatable bonds is 5. The Kier molecular flexibility index (Phi) is 6.20. The van der Waals surface area contributed by atoms with Gasteiger partial charge in [-0.2, -0.15) is 0 Å². The van der Waals surface area contributed by atoms with E-state index in [4.69, 9.17) is 4.74 Å². The number of thioether (sulfide) groups is 1. The molecule has 0 radical (unpaired) electrons. The van der Waals surface area contributed by atoms with Crippen molar-refractivity contribution in [1.29, 1.82) is 0 Å². The third-order valence-corrected chi connectivity index (χ3v) is 6.06. The molecule has 0 aliphatic carbocycles. The lowest BCUT2D eigenvalue weighted by molar-refractivity contribution is -0.130. The van der Waals surface area contributed by atoms with Crippen molar-refractivity contribution in [1.82, 2.24) is 5.32 Å². The molecule has 0 saturated carbocycles. The number of benzene rings is 2. The van der Waals surface area contributed by atoms with Crippen LogP contribution >= 0.6 is 27.7 Å². The summed E-state index contributed by atoms with van der Waals surface area (Å²) in [5, 5.41) is 3.15. The highest BCUT2D eigenvalue weighted by molar-refractivity contribution is 9.10. The molecule has 0 aromatic heterocycles. The van der Waals surface area contributed by atoms with E-state index in [2.05, 4.69) is 51.8 Å². The lowest BCUT2D eigenvalue weighted by Gasteiger charge is -2.36. The van der Waals surface area contributed by atoms with Crippen molar-refractivity contribution in [2.75, 3.05) is 19.5 Å². The minimum absolute atomic E-state index is 0.0899. The van der Waals surface area contributed by atoms with Gasteiger partial charge in [0.1, 0.15) is 0 Å². The van der Waals surface area contributed by atoms with Crippen molar-refractivity contribution in [2.24, 2.45) is 0 Å². The predicted molar refractivity (Wildman–Crippen MR) is 106 cm³/mol. The summed E-state index contributed by atoms with van der Waals surface area (Å²) in [5.74, 6) is 0.0899. The average Bonchev–Trinajstić information content (AvgIpc) is 2.67. The van der Waals surface area contributed by atoms with E-state index in [9.17, 15) is 4.79 Å². The summed E-state index contributed by atoms with van der Waals surface area (Å²) in [7, 11) is 0. The van der Waals surface area contributed by atoms with Crippen LogP contribution in [0.25, 0.3) is 0 Å². The zero-order valence-corrected chi connectivity index (χ0v) is 16.7. The van der Waals surface area contributed by atoms with Gasteiger partial charge in [-0.25, -0.2) is 0 Å². The number of carbonyl (C=O) groups is 1. The lowest BCUT2D eigenvalue weighted by atomic mass is 9.73. The molecule has 1 saturated heterocycles. The first-order chi connectivity index (χ1) is 12.1. The van der Waals surface area contributed by atoms with E-state index >= 15 is 0 Å². The molecule has 0 atom stereocenters. The number of carbonyl (C=O) groups excluding carboxylic acids is 1. The molecular weight excluding hydrogens is 398 g/mol. The zero-order valence-electron chi connectivity index (χ0n) is 14.3. The van der Waals surface area contributed by atoms with E-state index in [-0.39, 0.29) is 5.91 Å². The van der Waals surface area contributed by atoms with Gasteiger partial charge in [0.15, 0.2) is 0 Å². The first-order valence-electron chi connectivity index (χ1n) is 8.39. The predicted octanol–water partition coefficient (Wildman–Crippen LogP) is 4.54. The van der Waals surface area contributed by atoms with Gasteiger partial charge in [0, 0.05) is 29.1 Å². The number of nitrogens with one attached hydrogen (secondary N) is 1. The maximum atomic E-state index is 13.1. The summed E-state index contributed by atoms with van der Waals surface area (Å²) >= 11 is 5.19. The van der Waals surface area contributed by atoms with Gasteiger partial charge in [0.2, 0.25) is 5.91 Å². The molecule has 3 nitrogen and oxygen atoms in total. The third kappa shape index (κ3) is 4.27. The normalized spacial score (nSPS) is 16.4. The molecule has 1 heterocycles. The second-order valence-corrected chi connectivity index (χ2v) is 8.03. The van der Waals surface area contributed by atoms with Gasteiger partial charge in [-0.05, 0) is 54.5 Å². The van der Waals surface area contributed by atoms with Crippen molar-refractivity contribution in [3.8, 4) is 0 Å². The van der Waals surface area contributed by atoms with Gasteiger partial charge in [-0.3, -0.25) is 4.79 Å². The van der Waals surface area contributed by atoms with Gasteiger partial charge in [-0.15, -0.1) is 11.8 Å².